The van der Waals surface area contributed by atoms with E-state index >= 15 is 0 Å². The molecule has 1 fully saturated rings. The maximum absolute atomic E-state index is 6.08. The molecule has 0 aromatic heterocycles. The summed E-state index contributed by atoms with van der Waals surface area (Å²) in [5, 5.41) is 0. The summed E-state index contributed by atoms with van der Waals surface area (Å²) in [6, 6.07) is 8.69. The fourth-order valence-corrected chi connectivity index (χ4v) is 2.48. The Hall–Kier alpha value is -1.02. The number of rotatable bonds is 4. The second-order valence-electron chi connectivity index (χ2n) is 6.38. The number of hydrogen-bond acceptors (Lipinski definition) is 2. The van der Waals surface area contributed by atoms with Crippen molar-refractivity contribution in [1.29, 1.82) is 0 Å². The smallest absolute Gasteiger partial charge is 0.119 e. The van der Waals surface area contributed by atoms with Crippen LogP contribution in [0.5, 0.6) is 5.75 Å². The van der Waals surface area contributed by atoms with Crippen molar-refractivity contribution in [2.75, 3.05) is 20.1 Å². The molecule has 2 rings (SSSR count). The van der Waals surface area contributed by atoms with E-state index in [0.717, 1.165) is 38.1 Å². The number of piperidine rings is 1. The van der Waals surface area contributed by atoms with Gasteiger partial charge in [0.05, 0.1) is 0 Å². The van der Waals surface area contributed by atoms with Gasteiger partial charge in [0.2, 0.25) is 0 Å². The third-order valence-corrected chi connectivity index (χ3v) is 4.49. The highest BCUT2D eigenvalue weighted by Gasteiger charge is 2.20. The summed E-state index contributed by atoms with van der Waals surface area (Å²) < 4.78 is 6.08. The minimum Gasteiger partial charge on any atom is -0.490 e. The Bertz CT molecular complexity index is 388. The van der Waals surface area contributed by atoms with E-state index in [2.05, 4.69) is 57.0 Å². The van der Waals surface area contributed by atoms with Crippen molar-refractivity contribution in [1.82, 2.24) is 4.90 Å². The molecule has 1 heterocycles. The van der Waals surface area contributed by atoms with Crippen molar-refractivity contribution < 1.29 is 4.74 Å². The largest absolute Gasteiger partial charge is 0.490 e. The molecule has 0 N–H and O–H groups in total. The molecule has 2 nitrogen and oxygen atoms in total. The lowest BCUT2D eigenvalue weighted by Crippen LogP contribution is -2.35. The lowest BCUT2D eigenvalue weighted by molar-refractivity contribution is 0.114. The molecule has 2 heteroatoms. The Labute approximate surface area is 117 Å². The van der Waals surface area contributed by atoms with Crippen molar-refractivity contribution in [3.05, 3.63) is 29.8 Å². The topological polar surface area (TPSA) is 12.5 Å². The third-order valence-electron chi connectivity index (χ3n) is 4.49. The molecule has 0 atom stereocenters. The molecule has 0 spiro atoms. The SMILES string of the molecule is CCC(C)(C)c1ccc(OC2CCN(C)CC2)cc1. The van der Waals surface area contributed by atoms with Crippen LogP contribution in [0.15, 0.2) is 24.3 Å². The Balaban J connectivity index is 1.95. The van der Waals surface area contributed by atoms with Gasteiger partial charge in [-0.15, -0.1) is 0 Å². The fraction of sp³-hybridized carbons (Fsp3) is 0.647. The molecule has 1 aliphatic heterocycles. The van der Waals surface area contributed by atoms with Gasteiger partial charge in [-0.2, -0.15) is 0 Å². The average Bonchev–Trinajstić information content (AvgIpc) is 2.42. The van der Waals surface area contributed by atoms with Gasteiger partial charge in [-0.25, -0.2) is 0 Å². The summed E-state index contributed by atoms with van der Waals surface area (Å²) in [6.07, 6.45) is 3.82. The number of ether oxygens (including phenoxy) is 1. The van der Waals surface area contributed by atoms with Gasteiger partial charge in [0, 0.05) is 13.1 Å². The van der Waals surface area contributed by atoms with Gasteiger partial charge in [0.15, 0.2) is 0 Å². The molecular weight excluding hydrogens is 234 g/mol. The second kappa shape index (κ2) is 5.96. The molecule has 0 amide bonds. The number of likely N-dealkylation sites (tertiary alicyclic amines) is 1. The lowest BCUT2D eigenvalue weighted by Gasteiger charge is -2.29. The van der Waals surface area contributed by atoms with Gasteiger partial charge in [0.25, 0.3) is 0 Å². The normalized spacial score (nSPS) is 18.5. The Kier molecular flexibility index (Phi) is 4.51. The minimum atomic E-state index is 0.256. The summed E-state index contributed by atoms with van der Waals surface area (Å²) >= 11 is 0. The van der Waals surface area contributed by atoms with Gasteiger partial charge in [0.1, 0.15) is 11.9 Å². The highest BCUT2D eigenvalue weighted by molar-refractivity contribution is 5.31. The molecule has 106 valence electrons. The maximum Gasteiger partial charge on any atom is 0.119 e. The highest BCUT2D eigenvalue weighted by Crippen LogP contribution is 2.28. The Morgan fingerprint density at radius 2 is 1.74 bits per heavy atom. The summed E-state index contributed by atoms with van der Waals surface area (Å²) in [7, 11) is 2.18. The predicted molar refractivity (Wildman–Crippen MR) is 80.9 cm³/mol. The highest BCUT2D eigenvalue weighted by atomic mass is 16.5. The quantitative estimate of drug-likeness (QED) is 0.816. The number of hydrogen-bond donors (Lipinski definition) is 0. The van der Waals surface area contributed by atoms with E-state index in [1.807, 2.05) is 0 Å². The molecule has 0 unspecified atom stereocenters. The minimum absolute atomic E-state index is 0.256. The molecule has 1 aliphatic rings. The van der Waals surface area contributed by atoms with Crippen molar-refractivity contribution in [2.24, 2.45) is 0 Å². The summed E-state index contributed by atoms with van der Waals surface area (Å²) in [5.41, 5.74) is 1.65. The van der Waals surface area contributed by atoms with Crippen LogP contribution in [0.25, 0.3) is 0 Å². The molecule has 19 heavy (non-hydrogen) atoms. The lowest BCUT2D eigenvalue weighted by atomic mass is 9.82. The van der Waals surface area contributed by atoms with Gasteiger partial charge in [-0.3, -0.25) is 0 Å². The zero-order valence-electron chi connectivity index (χ0n) is 12.8. The first-order valence-corrected chi connectivity index (χ1v) is 7.47. The van der Waals surface area contributed by atoms with E-state index in [1.54, 1.807) is 0 Å². The average molecular weight is 261 g/mol. The Morgan fingerprint density at radius 3 is 2.26 bits per heavy atom. The van der Waals surface area contributed by atoms with E-state index in [-0.39, 0.29) is 5.41 Å². The molecule has 1 saturated heterocycles. The van der Waals surface area contributed by atoms with E-state index in [4.69, 9.17) is 4.74 Å². The third kappa shape index (κ3) is 3.73. The molecule has 0 aliphatic carbocycles. The van der Waals surface area contributed by atoms with Crippen LogP contribution >= 0.6 is 0 Å². The van der Waals surface area contributed by atoms with Crippen molar-refractivity contribution >= 4 is 0 Å². The van der Waals surface area contributed by atoms with Crippen LogP contribution in [0.4, 0.5) is 0 Å². The molecule has 1 aromatic carbocycles. The van der Waals surface area contributed by atoms with E-state index < -0.39 is 0 Å². The maximum atomic E-state index is 6.08. The van der Waals surface area contributed by atoms with Crippen LogP contribution in [0.3, 0.4) is 0 Å². The first kappa shape index (κ1) is 14.4. The van der Waals surface area contributed by atoms with Crippen LogP contribution in [0.1, 0.15) is 45.6 Å². The van der Waals surface area contributed by atoms with Crippen molar-refractivity contribution in [3.8, 4) is 5.75 Å². The molecular formula is C17H27NO. The standard InChI is InChI=1S/C17H27NO/c1-5-17(2,3)14-6-8-15(9-7-14)19-16-10-12-18(4)13-11-16/h6-9,16H,5,10-13H2,1-4H3. The van der Waals surface area contributed by atoms with Gasteiger partial charge < -0.3 is 9.64 Å². The van der Waals surface area contributed by atoms with E-state index in [9.17, 15) is 0 Å². The van der Waals surface area contributed by atoms with Crippen molar-refractivity contribution in [3.63, 3.8) is 0 Å². The number of benzene rings is 1. The molecule has 0 saturated carbocycles. The first-order chi connectivity index (χ1) is 9.01. The summed E-state index contributed by atoms with van der Waals surface area (Å²) in [6.45, 7) is 9.11. The zero-order valence-corrected chi connectivity index (χ0v) is 12.8. The zero-order chi connectivity index (χ0) is 13.9. The van der Waals surface area contributed by atoms with Crippen molar-refractivity contribution in [2.45, 2.75) is 51.6 Å². The Morgan fingerprint density at radius 1 is 1.16 bits per heavy atom. The monoisotopic (exact) mass is 261 g/mol. The van der Waals surface area contributed by atoms with Gasteiger partial charge >= 0.3 is 0 Å². The summed E-state index contributed by atoms with van der Waals surface area (Å²) in [4.78, 5) is 2.37. The van der Waals surface area contributed by atoms with Gasteiger partial charge in [-0.1, -0.05) is 32.9 Å². The first-order valence-electron chi connectivity index (χ1n) is 7.47. The number of nitrogens with zero attached hydrogens (tertiary/aromatic N) is 1. The van der Waals surface area contributed by atoms with Gasteiger partial charge in [-0.05, 0) is 49.4 Å². The second-order valence-corrected chi connectivity index (χ2v) is 6.38. The molecule has 0 bridgehead atoms. The van der Waals surface area contributed by atoms with E-state index in [1.165, 1.54) is 5.56 Å². The fourth-order valence-electron chi connectivity index (χ4n) is 2.48. The predicted octanol–water partition coefficient (Wildman–Crippen LogP) is 3.85. The van der Waals surface area contributed by atoms with Crippen LogP contribution in [0.2, 0.25) is 0 Å². The van der Waals surface area contributed by atoms with E-state index in [0.29, 0.717) is 6.10 Å². The molecule has 0 radical (unpaired) electrons. The summed E-state index contributed by atoms with van der Waals surface area (Å²) in [5.74, 6) is 1.02. The van der Waals surface area contributed by atoms with Crippen LogP contribution in [0, 0.1) is 0 Å². The van der Waals surface area contributed by atoms with Crippen LogP contribution in [-0.4, -0.2) is 31.1 Å². The molecule has 1 aromatic rings. The van der Waals surface area contributed by atoms with Crippen LogP contribution in [-0.2, 0) is 5.41 Å². The van der Waals surface area contributed by atoms with Crippen LogP contribution < -0.4 is 4.74 Å².